The van der Waals surface area contributed by atoms with Crippen LogP contribution in [0, 0.1) is 0 Å². The van der Waals surface area contributed by atoms with E-state index < -0.39 is 15.9 Å². The maximum atomic E-state index is 13.6. The van der Waals surface area contributed by atoms with E-state index in [1.165, 1.54) is 12.1 Å². The molecule has 0 aliphatic carbocycles. The molecule has 0 unspecified atom stereocenters. The normalized spacial score (nSPS) is 13.7. The first-order valence-corrected chi connectivity index (χ1v) is 14.1. The van der Waals surface area contributed by atoms with Gasteiger partial charge in [-0.05, 0) is 86.0 Å². The number of carbonyl (C=O) groups is 1. The fourth-order valence-electron chi connectivity index (χ4n) is 4.39. The van der Waals surface area contributed by atoms with Crippen molar-refractivity contribution in [3.63, 3.8) is 0 Å². The molecule has 4 rings (SSSR count). The largest absolute Gasteiger partial charge is 0.497 e. The summed E-state index contributed by atoms with van der Waals surface area (Å²) in [6, 6.07) is 16.9. The van der Waals surface area contributed by atoms with Crippen LogP contribution in [0.2, 0.25) is 0 Å². The molecule has 0 spiro atoms. The fraction of sp³-hybridized carbons (Fsp3) is 0.276. The molecule has 0 bridgehead atoms. The molecule has 206 valence electrons. The van der Waals surface area contributed by atoms with Gasteiger partial charge in [0.2, 0.25) is 5.91 Å². The summed E-state index contributed by atoms with van der Waals surface area (Å²) in [4.78, 5) is 15.0. The van der Waals surface area contributed by atoms with Crippen LogP contribution in [0.3, 0.4) is 0 Å². The van der Waals surface area contributed by atoms with Crippen LogP contribution >= 0.6 is 0 Å². The standard InChI is InChI=1S/C29H33N3O6S/c1-36-24-11-8-22(9-12-24)31-39(34,35)28-20-23(10-14-26(28)32-17-5-4-6-18-32)30-29(33)16-7-21-19-25(37-2)13-15-27(21)38-3/h7-16,19-20,31H,4-6,17-18H2,1-3H3,(H,30,33)/b16-7+. The third kappa shape index (κ3) is 7.02. The first kappa shape index (κ1) is 27.8. The van der Waals surface area contributed by atoms with Crippen LogP contribution in [0.25, 0.3) is 6.08 Å². The van der Waals surface area contributed by atoms with E-state index in [4.69, 9.17) is 14.2 Å². The molecule has 0 saturated carbocycles. The zero-order valence-electron chi connectivity index (χ0n) is 22.3. The van der Waals surface area contributed by atoms with Crippen LogP contribution in [-0.2, 0) is 14.8 Å². The zero-order valence-corrected chi connectivity index (χ0v) is 23.1. The number of benzene rings is 3. The van der Waals surface area contributed by atoms with E-state index in [1.54, 1.807) is 82.0 Å². The van der Waals surface area contributed by atoms with E-state index in [2.05, 4.69) is 14.9 Å². The monoisotopic (exact) mass is 551 g/mol. The predicted octanol–water partition coefficient (Wildman–Crippen LogP) is 5.16. The van der Waals surface area contributed by atoms with E-state index in [1.807, 2.05) is 0 Å². The van der Waals surface area contributed by atoms with Crippen molar-refractivity contribution in [3.8, 4) is 17.2 Å². The van der Waals surface area contributed by atoms with Gasteiger partial charge in [-0.1, -0.05) is 0 Å². The van der Waals surface area contributed by atoms with Crippen LogP contribution < -0.4 is 29.1 Å². The van der Waals surface area contributed by atoms with Crippen molar-refractivity contribution in [1.29, 1.82) is 0 Å². The Labute approximate surface area is 229 Å². The van der Waals surface area contributed by atoms with Crippen LogP contribution in [0.1, 0.15) is 24.8 Å². The highest BCUT2D eigenvalue weighted by atomic mass is 32.2. The minimum absolute atomic E-state index is 0.0939. The van der Waals surface area contributed by atoms with E-state index in [0.29, 0.717) is 39.9 Å². The second-order valence-corrected chi connectivity index (χ2v) is 10.6. The van der Waals surface area contributed by atoms with Crippen molar-refractivity contribution in [1.82, 2.24) is 0 Å². The van der Waals surface area contributed by atoms with Gasteiger partial charge >= 0.3 is 0 Å². The number of sulfonamides is 1. The highest BCUT2D eigenvalue weighted by Gasteiger charge is 2.24. The Kier molecular flexibility index (Phi) is 8.98. The highest BCUT2D eigenvalue weighted by molar-refractivity contribution is 7.92. The summed E-state index contributed by atoms with van der Waals surface area (Å²) in [5.74, 6) is 1.42. The molecule has 3 aromatic carbocycles. The Bertz CT molecular complexity index is 1430. The summed E-state index contributed by atoms with van der Waals surface area (Å²) < 4.78 is 45.6. The molecule has 1 saturated heterocycles. The lowest BCUT2D eigenvalue weighted by atomic mass is 10.1. The van der Waals surface area contributed by atoms with Crippen molar-refractivity contribution in [2.45, 2.75) is 24.2 Å². The number of anilines is 3. The van der Waals surface area contributed by atoms with Gasteiger partial charge in [0.15, 0.2) is 0 Å². The Balaban J connectivity index is 1.60. The SMILES string of the molecule is COc1ccc(NS(=O)(=O)c2cc(NC(=O)/C=C/c3cc(OC)ccc3OC)ccc2N2CCCCC2)cc1. The number of rotatable bonds is 10. The molecule has 1 fully saturated rings. The Hall–Kier alpha value is -4.18. The summed E-state index contributed by atoms with van der Waals surface area (Å²) in [6.45, 7) is 1.53. The van der Waals surface area contributed by atoms with Gasteiger partial charge in [0, 0.05) is 36.1 Å². The molecule has 0 atom stereocenters. The number of carbonyl (C=O) groups excluding carboxylic acids is 1. The van der Waals surface area contributed by atoms with E-state index in [9.17, 15) is 13.2 Å². The number of nitrogens with zero attached hydrogens (tertiary/aromatic N) is 1. The lowest BCUT2D eigenvalue weighted by molar-refractivity contribution is -0.111. The van der Waals surface area contributed by atoms with Crippen molar-refractivity contribution in [2.75, 3.05) is 49.4 Å². The topological polar surface area (TPSA) is 106 Å². The summed E-state index contributed by atoms with van der Waals surface area (Å²) in [5, 5.41) is 2.77. The molecular weight excluding hydrogens is 518 g/mol. The van der Waals surface area contributed by atoms with Crippen molar-refractivity contribution in [2.24, 2.45) is 0 Å². The van der Waals surface area contributed by atoms with Gasteiger partial charge in [-0.15, -0.1) is 0 Å². The second kappa shape index (κ2) is 12.6. The molecule has 9 nitrogen and oxygen atoms in total. The minimum Gasteiger partial charge on any atom is -0.497 e. The summed E-state index contributed by atoms with van der Waals surface area (Å²) >= 11 is 0. The number of hydrogen-bond acceptors (Lipinski definition) is 7. The summed E-state index contributed by atoms with van der Waals surface area (Å²) in [5.41, 5.74) is 2.04. The van der Waals surface area contributed by atoms with E-state index in [0.717, 1.165) is 32.4 Å². The van der Waals surface area contributed by atoms with Crippen molar-refractivity contribution >= 4 is 39.1 Å². The molecule has 39 heavy (non-hydrogen) atoms. The first-order valence-electron chi connectivity index (χ1n) is 12.6. The van der Waals surface area contributed by atoms with Crippen molar-refractivity contribution in [3.05, 3.63) is 72.3 Å². The number of ether oxygens (including phenoxy) is 3. The number of amides is 1. The highest BCUT2D eigenvalue weighted by Crippen LogP contribution is 2.32. The lowest BCUT2D eigenvalue weighted by Crippen LogP contribution is -2.31. The molecule has 1 aliphatic heterocycles. The number of methoxy groups -OCH3 is 3. The molecule has 2 N–H and O–H groups in total. The van der Waals surface area contributed by atoms with Crippen LogP contribution in [0.5, 0.6) is 17.2 Å². The van der Waals surface area contributed by atoms with Crippen molar-refractivity contribution < 1.29 is 27.4 Å². The molecule has 1 amide bonds. The van der Waals surface area contributed by atoms with E-state index >= 15 is 0 Å². The van der Waals surface area contributed by atoms with Crippen LogP contribution in [0.15, 0.2) is 71.6 Å². The van der Waals surface area contributed by atoms with Gasteiger partial charge in [-0.3, -0.25) is 9.52 Å². The number of piperidine rings is 1. The quantitative estimate of drug-likeness (QED) is 0.336. The van der Waals surface area contributed by atoms with Gasteiger partial charge < -0.3 is 24.4 Å². The fourth-order valence-corrected chi connectivity index (χ4v) is 5.70. The Morgan fingerprint density at radius 1 is 0.821 bits per heavy atom. The van der Waals surface area contributed by atoms with E-state index in [-0.39, 0.29) is 4.90 Å². The van der Waals surface area contributed by atoms with Gasteiger partial charge in [0.1, 0.15) is 22.1 Å². The average Bonchev–Trinajstić information content (AvgIpc) is 2.96. The van der Waals surface area contributed by atoms with Gasteiger partial charge in [-0.25, -0.2) is 8.42 Å². The first-order chi connectivity index (χ1) is 18.8. The number of hydrogen-bond donors (Lipinski definition) is 2. The molecular formula is C29H33N3O6S. The second-order valence-electron chi connectivity index (χ2n) is 8.99. The van der Waals surface area contributed by atoms with Crippen LogP contribution in [-0.4, -0.2) is 48.7 Å². The molecule has 1 aliphatic rings. The third-order valence-electron chi connectivity index (χ3n) is 6.41. The Morgan fingerprint density at radius 3 is 2.15 bits per heavy atom. The van der Waals surface area contributed by atoms with Gasteiger partial charge in [-0.2, -0.15) is 0 Å². The molecule has 0 radical (unpaired) electrons. The molecule has 3 aromatic rings. The summed E-state index contributed by atoms with van der Waals surface area (Å²) in [7, 11) is 0.679. The lowest BCUT2D eigenvalue weighted by Gasteiger charge is -2.30. The maximum absolute atomic E-state index is 13.6. The minimum atomic E-state index is -3.98. The van der Waals surface area contributed by atoms with Gasteiger partial charge in [0.05, 0.1) is 27.0 Å². The van der Waals surface area contributed by atoms with Crippen LogP contribution in [0.4, 0.5) is 17.1 Å². The Morgan fingerprint density at radius 2 is 1.49 bits per heavy atom. The average molecular weight is 552 g/mol. The van der Waals surface area contributed by atoms with Gasteiger partial charge in [0.25, 0.3) is 10.0 Å². The predicted molar refractivity (Wildman–Crippen MR) is 154 cm³/mol. The zero-order chi connectivity index (χ0) is 27.8. The third-order valence-corrected chi connectivity index (χ3v) is 7.82. The number of nitrogens with one attached hydrogen (secondary N) is 2. The molecule has 10 heteroatoms. The summed E-state index contributed by atoms with van der Waals surface area (Å²) in [6.07, 6.45) is 6.06. The smallest absolute Gasteiger partial charge is 0.264 e. The molecule has 0 aromatic heterocycles. The molecule has 1 heterocycles. The maximum Gasteiger partial charge on any atom is 0.264 e.